The van der Waals surface area contributed by atoms with Crippen LogP contribution in [0, 0.1) is 11.8 Å². The molecule has 7 nitrogen and oxygen atoms in total. The maximum Gasteiger partial charge on any atom is 0.306 e. The van der Waals surface area contributed by atoms with Crippen LogP contribution >= 0.6 is 11.3 Å². The second-order valence-electron chi connectivity index (χ2n) is 7.01. The van der Waals surface area contributed by atoms with Gasteiger partial charge in [0.05, 0.1) is 17.8 Å². The lowest BCUT2D eigenvalue weighted by Crippen LogP contribution is -2.45. The number of aromatic nitrogens is 3. The number of para-hydroxylation sites is 1. The Hall–Kier alpha value is -3.00. The number of carboxylic acids is 1. The van der Waals surface area contributed by atoms with Gasteiger partial charge in [0.2, 0.25) is 0 Å². The van der Waals surface area contributed by atoms with Crippen LogP contribution in [0.15, 0.2) is 48.1 Å². The summed E-state index contributed by atoms with van der Waals surface area (Å²) in [6.45, 7) is 2.76. The lowest BCUT2D eigenvalue weighted by Gasteiger charge is -2.34. The Morgan fingerprint density at radius 3 is 2.75 bits per heavy atom. The van der Waals surface area contributed by atoms with Crippen LogP contribution < -0.4 is 0 Å². The summed E-state index contributed by atoms with van der Waals surface area (Å²) in [6.07, 6.45) is 4.10. The van der Waals surface area contributed by atoms with Gasteiger partial charge in [-0.15, -0.1) is 11.3 Å². The first kappa shape index (κ1) is 18.4. The fourth-order valence-electron chi connectivity index (χ4n) is 3.52. The molecule has 2 atom stereocenters. The standard InChI is InChI=1S/C20H20N4O3S/c1-13-10-23(8-7-16(13)20(26)27)19(25)17-12-28-18(22-17)14-9-21-24(11-14)15-5-3-2-4-6-15/h2-6,9,11-13,16H,7-8,10H2,1H3,(H,26,27). The summed E-state index contributed by atoms with van der Waals surface area (Å²) >= 11 is 1.40. The molecule has 3 heterocycles. The molecule has 1 saturated heterocycles. The van der Waals surface area contributed by atoms with E-state index < -0.39 is 5.97 Å². The van der Waals surface area contributed by atoms with Gasteiger partial charge in [0.15, 0.2) is 0 Å². The number of nitrogens with zero attached hydrogens (tertiary/aromatic N) is 4. The molecular weight excluding hydrogens is 376 g/mol. The molecule has 0 aliphatic carbocycles. The van der Waals surface area contributed by atoms with E-state index in [-0.39, 0.29) is 17.7 Å². The number of likely N-dealkylation sites (tertiary alicyclic amines) is 1. The predicted octanol–water partition coefficient (Wildman–Crippen LogP) is 3.18. The minimum absolute atomic E-state index is 0.0718. The van der Waals surface area contributed by atoms with Crippen LogP contribution in [0.5, 0.6) is 0 Å². The Balaban J connectivity index is 1.48. The fraction of sp³-hybridized carbons (Fsp3) is 0.300. The Morgan fingerprint density at radius 1 is 1.25 bits per heavy atom. The third-order valence-corrected chi connectivity index (χ3v) is 5.97. The normalized spacial score (nSPS) is 19.5. The highest BCUT2D eigenvalue weighted by Gasteiger charge is 2.33. The van der Waals surface area contributed by atoms with Gasteiger partial charge in [-0.3, -0.25) is 9.59 Å². The zero-order valence-electron chi connectivity index (χ0n) is 15.4. The molecular formula is C20H20N4O3S. The zero-order chi connectivity index (χ0) is 19.7. The Kier molecular flexibility index (Phi) is 4.95. The minimum atomic E-state index is -0.786. The molecule has 4 rings (SSSR count). The van der Waals surface area contributed by atoms with Crippen molar-refractivity contribution in [1.82, 2.24) is 19.7 Å². The molecule has 2 aromatic heterocycles. The molecule has 8 heteroatoms. The Labute approximate surface area is 166 Å². The fourth-order valence-corrected chi connectivity index (χ4v) is 4.29. The molecule has 2 unspecified atom stereocenters. The summed E-state index contributed by atoms with van der Waals surface area (Å²) < 4.78 is 1.77. The second-order valence-corrected chi connectivity index (χ2v) is 7.87. The Bertz CT molecular complexity index is 998. The van der Waals surface area contributed by atoms with Crippen molar-refractivity contribution < 1.29 is 14.7 Å². The van der Waals surface area contributed by atoms with Crippen molar-refractivity contribution in [1.29, 1.82) is 0 Å². The first-order chi connectivity index (χ1) is 13.5. The number of hydrogen-bond acceptors (Lipinski definition) is 5. The molecule has 1 aliphatic heterocycles. The van der Waals surface area contributed by atoms with E-state index in [0.29, 0.717) is 25.2 Å². The van der Waals surface area contributed by atoms with Gasteiger partial charge in [-0.2, -0.15) is 5.10 Å². The van der Waals surface area contributed by atoms with Gasteiger partial charge < -0.3 is 10.0 Å². The smallest absolute Gasteiger partial charge is 0.306 e. The van der Waals surface area contributed by atoms with Gasteiger partial charge in [0.1, 0.15) is 10.7 Å². The van der Waals surface area contributed by atoms with E-state index >= 15 is 0 Å². The van der Waals surface area contributed by atoms with Crippen LogP contribution in [0.2, 0.25) is 0 Å². The van der Waals surface area contributed by atoms with Gasteiger partial charge in [-0.25, -0.2) is 9.67 Å². The quantitative estimate of drug-likeness (QED) is 0.732. The number of thiazole rings is 1. The van der Waals surface area contributed by atoms with Gasteiger partial charge in [-0.1, -0.05) is 25.1 Å². The number of aliphatic carboxylic acids is 1. The number of amides is 1. The number of carboxylic acid groups (broad SMARTS) is 1. The SMILES string of the molecule is CC1CN(C(=O)c2csc(-c3cnn(-c4ccccc4)c3)n2)CCC1C(=O)O. The highest BCUT2D eigenvalue weighted by molar-refractivity contribution is 7.13. The number of benzene rings is 1. The van der Waals surface area contributed by atoms with E-state index in [1.54, 1.807) is 21.2 Å². The molecule has 3 aromatic rings. The van der Waals surface area contributed by atoms with E-state index in [1.165, 1.54) is 11.3 Å². The van der Waals surface area contributed by atoms with Crippen molar-refractivity contribution in [2.75, 3.05) is 13.1 Å². The van der Waals surface area contributed by atoms with Crippen molar-refractivity contribution in [3.05, 3.63) is 53.8 Å². The van der Waals surface area contributed by atoms with Gasteiger partial charge in [0.25, 0.3) is 5.91 Å². The molecule has 1 amide bonds. The van der Waals surface area contributed by atoms with E-state index in [1.807, 2.05) is 43.5 Å². The van der Waals surface area contributed by atoms with Gasteiger partial charge in [0, 0.05) is 30.2 Å². The molecule has 1 fully saturated rings. The highest BCUT2D eigenvalue weighted by atomic mass is 32.1. The maximum absolute atomic E-state index is 12.8. The molecule has 144 valence electrons. The summed E-state index contributed by atoms with van der Waals surface area (Å²) in [6, 6.07) is 9.79. The van der Waals surface area contributed by atoms with E-state index in [0.717, 1.165) is 16.3 Å². The van der Waals surface area contributed by atoms with Crippen LogP contribution in [0.1, 0.15) is 23.8 Å². The number of carbonyl (C=O) groups excluding carboxylic acids is 1. The van der Waals surface area contributed by atoms with Gasteiger partial charge >= 0.3 is 5.97 Å². The average molecular weight is 396 g/mol. The topological polar surface area (TPSA) is 88.3 Å². The van der Waals surface area contributed by atoms with Crippen LogP contribution in [-0.4, -0.2) is 49.7 Å². The number of piperidine rings is 1. The monoisotopic (exact) mass is 396 g/mol. The van der Waals surface area contributed by atoms with Crippen LogP contribution in [0.4, 0.5) is 0 Å². The lowest BCUT2D eigenvalue weighted by molar-refractivity contribution is -0.145. The zero-order valence-corrected chi connectivity index (χ0v) is 16.2. The highest BCUT2D eigenvalue weighted by Crippen LogP contribution is 2.27. The molecule has 0 saturated carbocycles. The minimum Gasteiger partial charge on any atom is -0.481 e. The molecule has 1 aromatic carbocycles. The van der Waals surface area contributed by atoms with Crippen molar-refractivity contribution in [3.63, 3.8) is 0 Å². The molecule has 1 N–H and O–H groups in total. The van der Waals surface area contributed by atoms with Gasteiger partial charge in [-0.05, 0) is 24.5 Å². The molecule has 0 spiro atoms. The van der Waals surface area contributed by atoms with Crippen LogP contribution in [0.25, 0.3) is 16.3 Å². The summed E-state index contributed by atoms with van der Waals surface area (Å²) in [5.41, 5.74) is 2.20. The maximum atomic E-state index is 12.8. The van der Waals surface area contributed by atoms with E-state index in [4.69, 9.17) is 0 Å². The van der Waals surface area contributed by atoms with Crippen LogP contribution in [0.3, 0.4) is 0 Å². The number of carbonyl (C=O) groups is 2. The van der Waals surface area contributed by atoms with Crippen molar-refractivity contribution in [2.45, 2.75) is 13.3 Å². The largest absolute Gasteiger partial charge is 0.481 e. The van der Waals surface area contributed by atoms with Crippen molar-refractivity contribution >= 4 is 23.2 Å². The number of hydrogen-bond donors (Lipinski definition) is 1. The molecule has 0 bridgehead atoms. The molecule has 1 aliphatic rings. The summed E-state index contributed by atoms with van der Waals surface area (Å²) in [5.74, 6) is -1.39. The third-order valence-electron chi connectivity index (χ3n) is 5.08. The predicted molar refractivity (Wildman–Crippen MR) is 105 cm³/mol. The average Bonchev–Trinajstić information content (AvgIpc) is 3.37. The number of rotatable bonds is 4. The van der Waals surface area contributed by atoms with Crippen LogP contribution in [-0.2, 0) is 4.79 Å². The second kappa shape index (κ2) is 7.55. The Morgan fingerprint density at radius 2 is 2.04 bits per heavy atom. The summed E-state index contributed by atoms with van der Waals surface area (Å²) in [7, 11) is 0. The first-order valence-electron chi connectivity index (χ1n) is 9.11. The lowest BCUT2D eigenvalue weighted by atomic mass is 9.87. The molecule has 28 heavy (non-hydrogen) atoms. The third kappa shape index (κ3) is 3.55. The van der Waals surface area contributed by atoms with E-state index in [2.05, 4.69) is 10.1 Å². The summed E-state index contributed by atoms with van der Waals surface area (Å²) in [5, 5.41) is 16.1. The van der Waals surface area contributed by atoms with Crippen molar-refractivity contribution in [2.24, 2.45) is 11.8 Å². The first-order valence-corrected chi connectivity index (χ1v) is 9.99. The van der Waals surface area contributed by atoms with E-state index in [9.17, 15) is 14.7 Å². The summed E-state index contributed by atoms with van der Waals surface area (Å²) in [4.78, 5) is 30.3. The molecule has 0 radical (unpaired) electrons. The van der Waals surface area contributed by atoms with Crippen molar-refractivity contribution in [3.8, 4) is 16.3 Å².